The number of nitrogens with one attached hydrogen (secondary N) is 1. The fourth-order valence-electron chi connectivity index (χ4n) is 2.10. The Balaban J connectivity index is 2.07. The average molecular weight is 366 g/mol. The molecule has 2 N–H and O–H groups in total. The van der Waals surface area contributed by atoms with Gasteiger partial charge in [-0.15, -0.1) is 0 Å². The van der Waals surface area contributed by atoms with Crippen molar-refractivity contribution in [2.45, 2.75) is 18.4 Å². The third-order valence-corrected chi connectivity index (χ3v) is 5.35. The fraction of sp³-hybridized carbons (Fsp3) is 0.250. The van der Waals surface area contributed by atoms with Crippen molar-refractivity contribution in [1.29, 1.82) is 0 Å². The first-order valence-electron chi connectivity index (χ1n) is 7.26. The van der Waals surface area contributed by atoms with E-state index in [9.17, 15) is 18.0 Å². The zero-order valence-electron chi connectivity index (χ0n) is 13.9. The normalized spacial score (nSPS) is 11.5. The van der Waals surface area contributed by atoms with Crippen LogP contribution in [-0.2, 0) is 16.6 Å². The van der Waals surface area contributed by atoms with Crippen LogP contribution in [0.15, 0.2) is 39.6 Å². The van der Waals surface area contributed by atoms with Crippen LogP contribution in [0.2, 0.25) is 0 Å². The molecule has 9 heteroatoms. The number of hydrogen-bond acceptors (Lipinski definition) is 5. The van der Waals surface area contributed by atoms with E-state index in [1.807, 2.05) is 0 Å². The molecule has 1 aromatic heterocycles. The van der Waals surface area contributed by atoms with Gasteiger partial charge in [0.25, 0.3) is 5.91 Å². The molecule has 2 aromatic rings. The molecule has 0 aliphatic rings. The van der Waals surface area contributed by atoms with Crippen molar-refractivity contribution in [3.63, 3.8) is 0 Å². The minimum Gasteiger partial charge on any atom is -0.478 e. The van der Waals surface area contributed by atoms with Crippen molar-refractivity contribution < 1.29 is 27.5 Å². The average Bonchev–Trinajstić information content (AvgIpc) is 2.93. The van der Waals surface area contributed by atoms with Gasteiger partial charge in [-0.1, -0.05) is 0 Å². The first kappa shape index (κ1) is 18.7. The van der Waals surface area contributed by atoms with E-state index in [2.05, 4.69) is 5.32 Å². The number of carboxylic acid groups (broad SMARTS) is 1. The number of hydrogen-bond donors (Lipinski definition) is 2. The molecule has 0 atom stereocenters. The first-order valence-corrected chi connectivity index (χ1v) is 8.70. The lowest BCUT2D eigenvalue weighted by molar-refractivity contribution is 0.0694. The molecule has 8 nitrogen and oxygen atoms in total. The smallest absolute Gasteiger partial charge is 0.339 e. The summed E-state index contributed by atoms with van der Waals surface area (Å²) in [6, 6.07) is 6.86. The van der Waals surface area contributed by atoms with E-state index in [0.717, 1.165) is 4.31 Å². The Labute approximate surface area is 145 Å². The highest BCUT2D eigenvalue weighted by Crippen LogP contribution is 2.16. The molecule has 0 saturated carbocycles. The molecule has 0 aliphatic heterocycles. The zero-order valence-corrected chi connectivity index (χ0v) is 14.8. The van der Waals surface area contributed by atoms with Crippen LogP contribution in [0.5, 0.6) is 0 Å². The molecule has 2 rings (SSSR count). The minimum absolute atomic E-state index is 0.0186. The first-order chi connectivity index (χ1) is 11.6. The van der Waals surface area contributed by atoms with Gasteiger partial charge in [0.2, 0.25) is 10.0 Å². The molecule has 134 valence electrons. The lowest BCUT2D eigenvalue weighted by Crippen LogP contribution is -2.24. The quantitative estimate of drug-likeness (QED) is 0.799. The molecule has 0 bridgehead atoms. The van der Waals surface area contributed by atoms with Crippen LogP contribution in [-0.4, -0.2) is 43.8 Å². The molecule has 25 heavy (non-hydrogen) atoms. The number of benzene rings is 1. The highest BCUT2D eigenvalue weighted by molar-refractivity contribution is 7.89. The number of aromatic carboxylic acids is 1. The Morgan fingerprint density at radius 1 is 1.20 bits per heavy atom. The Bertz CT molecular complexity index is 897. The Morgan fingerprint density at radius 3 is 2.28 bits per heavy atom. The van der Waals surface area contributed by atoms with Gasteiger partial charge in [-0.25, -0.2) is 17.5 Å². The van der Waals surface area contributed by atoms with Gasteiger partial charge < -0.3 is 14.8 Å². The summed E-state index contributed by atoms with van der Waals surface area (Å²) >= 11 is 0. The number of amides is 1. The van der Waals surface area contributed by atoms with Gasteiger partial charge in [-0.05, 0) is 37.3 Å². The number of furan rings is 1. The SMILES string of the molecule is Cc1oc(CNC(=O)c2ccc(S(=O)(=O)N(C)C)cc2)cc1C(=O)O. The predicted molar refractivity (Wildman–Crippen MR) is 88.9 cm³/mol. The summed E-state index contributed by atoms with van der Waals surface area (Å²) in [5.41, 5.74) is 0.321. The van der Waals surface area contributed by atoms with Crippen molar-refractivity contribution in [2.24, 2.45) is 0 Å². The van der Waals surface area contributed by atoms with Crippen LogP contribution in [0, 0.1) is 6.92 Å². The molecule has 0 aliphatic carbocycles. The summed E-state index contributed by atoms with van der Waals surface area (Å²) in [6.07, 6.45) is 0. The number of carboxylic acids is 1. The number of carbonyl (C=O) groups is 2. The van der Waals surface area contributed by atoms with Crippen LogP contribution in [0.1, 0.15) is 32.2 Å². The molecule has 0 radical (unpaired) electrons. The molecular weight excluding hydrogens is 348 g/mol. The molecule has 0 saturated heterocycles. The van der Waals surface area contributed by atoms with Gasteiger partial charge >= 0.3 is 5.97 Å². The van der Waals surface area contributed by atoms with E-state index in [-0.39, 0.29) is 28.3 Å². The maximum atomic E-state index is 12.1. The second-order valence-corrected chi connectivity index (χ2v) is 7.63. The number of nitrogens with zero attached hydrogens (tertiary/aromatic N) is 1. The summed E-state index contributed by atoms with van der Waals surface area (Å²) in [6.45, 7) is 1.55. The van der Waals surface area contributed by atoms with Crippen LogP contribution in [0.3, 0.4) is 0 Å². The minimum atomic E-state index is -3.55. The van der Waals surface area contributed by atoms with E-state index in [0.29, 0.717) is 5.76 Å². The Morgan fingerprint density at radius 2 is 1.80 bits per heavy atom. The van der Waals surface area contributed by atoms with Crippen molar-refractivity contribution in [1.82, 2.24) is 9.62 Å². The largest absolute Gasteiger partial charge is 0.478 e. The lowest BCUT2D eigenvalue weighted by atomic mass is 10.2. The number of sulfonamides is 1. The predicted octanol–water partition coefficient (Wildman–Crippen LogP) is 1.47. The van der Waals surface area contributed by atoms with Crippen LogP contribution >= 0.6 is 0 Å². The zero-order chi connectivity index (χ0) is 18.8. The van der Waals surface area contributed by atoms with Gasteiger partial charge in [0.1, 0.15) is 17.1 Å². The topological polar surface area (TPSA) is 117 Å². The second kappa shape index (κ2) is 7.08. The number of carbonyl (C=O) groups excluding carboxylic acids is 1. The van der Waals surface area contributed by atoms with Crippen molar-refractivity contribution in [3.8, 4) is 0 Å². The molecular formula is C16H18N2O6S. The van der Waals surface area contributed by atoms with Gasteiger partial charge in [-0.2, -0.15) is 0 Å². The number of rotatable bonds is 6. The van der Waals surface area contributed by atoms with Gasteiger partial charge in [-0.3, -0.25) is 4.79 Å². The van der Waals surface area contributed by atoms with E-state index < -0.39 is 21.9 Å². The van der Waals surface area contributed by atoms with Crippen LogP contribution < -0.4 is 5.32 Å². The van der Waals surface area contributed by atoms with E-state index in [1.54, 1.807) is 0 Å². The van der Waals surface area contributed by atoms with Crippen LogP contribution in [0.4, 0.5) is 0 Å². The maximum absolute atomic E-state index is 12.1. The standard InChI is InChI=1S/C16H18N2O6S/c1-10-14(16(20)21)8-12(24-10)9-17-15(19)11-4-6-13(7-5-11)25(22,23)18(2)3/h4-8H,9H2,1-3H3,(H,17,19)(H,20,21). The maximum Gasteiger partial charge on any atom is 0.339 e. The third-order valence-electron chi connectivity index (χ3n) is 3.52. The summed E-state index contributed by atoms with van der Waals surface area (Å²) < 4.78 is 30.3. The highest BCUT2D eigenvalue weighted by Gasteiger charge is 2.18. The van der Waals surface area contributed by atoms with E-state index in [1.165, 1.54) is 51.4 Å². The van der Waals surface area contributed by atoms with Gasteiger partial charge in [0.15, 0.2) is 0 Å². The van der Waals surface area contributed by atoms with E-state index in [4.69, 9.17) is 9.52 Å². The molecule has 0 spiro atoms. The van der Waals surface area contributed by atoms with Crippen molar-refractivity contribution >= 4 is 21.9 Å². The van der Waals surface area contributed by atoms with Gasteiger partial charge in [0, 0.05) is 19.7 Å². The summed E-state index contributed by atoms with van der Waals surface area (Å²) in [4.78, 5) is 23.2. The third kappa shape index (κ3) is 4.06. The Kier molecular flexibility index (Phi) is 5.29. The van der Waals surface area contributed by atoms with Crippen molar-refractivity contribution in [3.05, 3.63) is 53.0 Å². The highest BCUT2D eigenvalue weighted by atomic mass is 32.2. The second-order valence-electron chi connectivity index (χ2n) is 5.48. The summed E-state index contributed by atoms with van der Waals surface area (Å²) in [7, 11) is -0.707. The molecule has 0 fully saturated rings. The number of aryl methyl sites for hydroxylation is 1. The van der Waals surface area contributed by atoms with Crippen LogP contribution in [0.25, 0.3) is 0 Å². The van der Waals surface area contributed by atoms with E-state index >= 15 is 0 Å². The molecule has 1 aromatic carbocycles. The van der Waals surface area contributed by atoms with Gasteiger partial charge in [0.05, 0.1) is 11.4 Å². The summed E-state index contributed by atoms with van der Waals surface area (Å²) in [5, 5.41) is 11.6. The molecule has 1 heterocycles. The summed E-state index contributed by atoms with van der Waals surface area (Å²) in [5.74, 6) is -0.957. The Hall–Kier alpha value is -2.65. The lowest BCUT2D eigenvalue weighted by Gasteiger charge is -2.11. The van der Waals surface area contributed by atoms with Crippen molar-refractivity contribution in [2.75, 3.05) is 14.1 Å². The molecule has 0 unspecified atom stereocenters. The monoisotopic (exact) mass is 366 g/mol. The fourth-order valence-corrected chi connectivity index (χ4v) is 3.00. The molecule has 1 amide bonds.